The van der Waals surface area contributed by atoms with E-state index in [4.69, 9.17) is 5.73 Å². The average Bonchev–Trinajstić information content (AvgIpc) is 2.98. The van der Waals surface area contributed by atoms with Crippen LogP contribution in [-0.4, -0.2) is 36.0 Å². The Morgan fingerprint density at radius 2 is 1.96 bits per heavy atom. The van der Waals surface area contributed by atoms with E-state index in [1.807, 2.05) is 0 Å². The zero-order chi connectivity index (χ0) is 16.2. The molecule has 126 valence electrons. The second-order valence-corrected chi connectivity index (χ2v) is 7.19. The van der Waals surface area contributed by atoms with Crippen molar-refractivity contribution in [3.8, 4) is 0 Å². The molecule has 4 heteroatoms. The number of carbonyl (C=O) groups excluding carboxylic acids is 1. The fourth-order valence-corrected chi connectivity index (χ4v) is 3.89. The number of hydrogen-bond donors (Lipinski definition) is 2. The van der Waals surface area contributed by atoms with Gasteiger partial charge in [-0.15, -0.1) is 0 Å². The maximum absolute atomic E-state index is 12.3. The van der Waals surface area contributed by atoms with Crippen molar-refractivity contribution in [2.45, 2.75) is 57.7 Å². The zero-order valence-electron chi connectivity index (χ0n) is 14.1. The number of benzene rings is 1. The van der Waals surface area contributed by atoms with E-state index < -0.39 is 0 Å². The Morgan fingerprint density at radius 1 is 1.22 bits per heavy atom. The highest BCUT2D eigenvalue weighted by molar-refractivity contribution is 5.80. The van der Waals surface area contributed by atoms with Gasteiger partial charge in [0.2, 0.25) is 5.91 Å². The molecule has 0 radical (unpaired) electrons. The summed E-state index contributed by atoms with van der Waals surface area (Å²) in [6.07, 6.45) is 5.12. The average molecular weight is 315 g/mol. The third-order valence-corrected chi connectivity index (χ3v) is 5.50. The highest BCUT2D eigenvalue weighted by Crippen LogP contribution is 2.25. The van der Waals surface area contributed by atoms with Crippen molar-refractivity contribution in [2.75, 3.05) is 13.1 Å². The normalized spacial score (nSPS) is 26.3. The van der Waals surface area contributed by atoms with Gasteiger partial charge >= 0.3 is 0 Å². The summed E-state index contributed by atoms with van der Waals surface area (Å²) >= 11 is 0. The van der Waals surface area contributed by atoms with Crippen molar-refractivity contribution in [1.82, 2.24) is 10.2 Å². The van der Waals surface area contributed by atoms with Crippen LogP contribution in [0.1, 0.15) is 43.2 Å². The summed E-state index contributed by atoms with van der Waals surface area (Å²) < 4.78 is 0. The number of hydrogen-bond acceptors (Lipinski definition) is 3. The Kier molecular flexibility index (Phi) is 5.34. The van der Waals surface area contributed by atoms with E-state index in [1.165, 1.54) is 11.1 Å². The van der Waals surface area contributed by atoms with Gasteiger partial charge in [-0.05, 0) is 43.7 Å². The van der Waals surface area contributed by atoms with E-state index in [-0.39, 0.29) is 17.9 Å². The molecule has 0 unspecified atom stereocenters. The summed E-state index contributed by atoms with van der Waals surface area (Å²) in [5.74, 6) is 0.229. The van der Waals surface area contributed by atoms with E-state index in [0.717, 1.165) is 51.7 Å². The Bertz CT molecular complexity index is 537. The quantitative estimate of drug-likeness (QED) is 0.895. The molecule has 1 saturated carbocycles. The van der Waals surface area contributed by atoms with Gasteiger partial charge in [0.15, 0.2) is 0 Å². The predicted octanol–water partition coefficient (Wildman–Crippen LogP) is 2.20. The topological polar surface area (TPSA) is 58.4 Å². The van der Waals surface area contributed by atoms with Crippen LogP contribution >= 0.6 is 0 Å². The second-order valence-electron chi connectivity index (χ2n) is 7.19. The zero-order valence-corrected chi connectivity index (χ0v) is 14.1. The molecule has 1 saturated heterocycles. The minimum Gasteiger partial charge on any atom is -0.353 e. The molecular formula is C19H29N3O. The SMILES string of the molecule is Cc1ccccc1CN1CCC(NC(=O)[C@H]2CCC[C@H]2N)CC1. The van der Waals surface area contributed by atoms with Gasteiger partial charge in [0.05, 0.1) is 5.92 Å². The molecule has 1 amide bonds. The van der Waals surface area contributed by atoms with E-state index >= 15 is 0 Å². The van der Waals surface area contributed by atoms with Gasteiger partial charge in [-0.3, -0.25) is 9.69 Å². The molecule has 0 bridgehead atoms. The van der Waals surface area contributed by atoms with Crippen LogP contribution in [0.3, 0.4) is 0 Å². The fraction of sp³-hybridized carbons (Fsp3) is 0.632. The molecule has 1 aromatic carbocycles. The number of amides is 1. The first-order valence-corrected chi connectivity index (χ1v) is 8.96. The molecule has 2 fully saturated rings. The summed E-state index contributed by atoms with van der Waals surface area (Å²) in [5.41, 5.74) is 8.81. The first-order chi connectivity index (χ1) is 11.1. The third kappa shape index (κ3) is 4.12. The maximum atomic E-state index is 12.3. The number of likely N-dealkylation sites (tertiary alicyclic amines) is 1. The predicted molar refractivity (Wildman–Crippen MR) is 92.9 cm³/mol. The molecule has 0 aromatic heterocycles. The van der Waals surface area contributed by atoms with Crippen LogP contribution in [0, 0.1) is 12.8 Å². The van der Waals surface area contributed by atoms with E-state index in [1.54, 1.807) is 0 Å². The lowest BCUT2D eigenvalue weighted by molar-refractivity contribution is -0.126. The van der Waals surface area contributed by atoms with Crippen LogP contribution < -0.4 is 11.1 Å². The maximum Gasteiger partial charge on any atom is 0.224 e. The standard InChI is InChI=1S/C19H29N3O/c1-14-5-2-3-6-15(14)13-22-11-9-16(10-12-22)21-19(23)17-7-4-8-18(17)20/h2-3,5-6,16-18H,4,7-13,20H2,1H3,(H,21,23)/t17-,18+/m0/s1. The minimum absolute atomic E-state index is 0.0417. The van der Waals surface area contributed by atoms with Gasteiger partial charge in [-0.1, -0.05) is 30.7 Å². The second kappa shape index (κ2) is 7.45. The summed E-state index contributed by atoms with van der Waals surface area (Å²) in [7, 11) is 0. The Labute approximate surface area is 139 Å². The third-order valence-electron chi connectivity index (χ3n) is 5.50. The molecule has 0 spiro atoms. The lowest BCUT2D eigenvalue weighted by Crippen LogP contribution is -2.48. The molecule has 3 rings (SSSR count). The first-order valence-electron chi connectivity index (χ1n) is 8.96. The van der Waals surface area contributed by atoms with Crippen LogP contribution in [0.15, 0.2) is 24.3 Å². The van der Waals surface area contributed by atoms with Gasteiger partial charge < -0.3 is 11.1 Å². The van der Waals surface area contributed by atoms with Gasteiger partial charge in [0.25, 0.3) is 0 Å². The number of piperidine rings is 1. The summed E-state index contributed by atoms with van der Waals surface area (Å²) in [5, 5.41) is 3.24. The Balaban J connectivity index is 1.45. The van der Waals surface area contributed by atoms with E-state index in [0.29, 0.717) is 6.04 Å². The highest BCUT2D eigenvalue weighted by Gasteiger charge is 2.32. The molecule has 2 atom stereocenters. The Hall–Kier alpha value is -1.39. The van der Waals surface area contributed by atoms with Crippen molar-refractivity contribution < 1.29 is 4.79 Å². The highest BCUT2D eigenvalue weighted by atomic mass is 16.2. The number of nitrogens with zero attached hydrogens (tertiary/aromatic N) is 1. The fourth-order valence-electron chi connectivity index (χ4n) is 3.89. The number of carbonyl (C=O) groups is 1. The van der Waals surface area contributed by atoms with Gasteiger partial charge in [-0.25, -0.2) is 0 Å². The first kappa shape index (κ1) is 16.5. The van der Waals surface area contributed by atoms with Crippen molar-refractivity contribution in [2.24, 2.45) is 11.7 Å². The lowest BCUT2D eigenvalue weighted by atomic mass is 9.99. The van der Waals surface area contributed by atoms with Gasteiger partial charge in [0, 0.05) is 31.7 Å². The summed E-state index contributed by atoms with van der Waals surface area (Å²) in [6.45, 7) is 5.29. The monoisotopic (exact) mass is 315 g/mol. The van der Waals surface area contributed by atoms with E-state index in [9.17, 15) is 4.79 Å². The largest absolute Gasteiger partial charge is 0.353 e. The molecule has 1 aliphatic carbocycles. The molecule has 1 aliphatic heterocycles. The van der Waals surface area contributed by atoms with Crippen LogP contribution in [0.4, 0.5) is 0 Å². The molecular weight excluding hydrogens is 286 g/mol. The van der Waals surface area contributed by atoms with Crippen LogP contribution in [0.25, 0.3) is 0 Å². The molecule has 1 heterocycles. The smallest absolute Gasteiger partial charge is 0.224 e. The number of nitrogens with two attached hydrogens (primary N) is 1. The van der Waals surface area contributed by atoms with E-state index in [2.05, 4.69) is 41.4 Å². The van der Waals surface area contributed by atoms with Crippen LogP contribution in [0.5, 0.6) is 0 Å². The van der Waals surface area contributed by atoms with Crippen LogP contribution in [0.2, 0.25) is 0 Å². The summed E-state index contributed by atoms with van der Waals surface area (Å²) in [6, 6.07) is 8.98. The van der Waals surface area contributed by atoms with Gasteiger partial charge in [0.1, 0.15) is 0 Å². The molecule has 1 aromatic rings. The molecule has 23 heavy (non-hydrogen) atoms. The van der Waals surface area contributed by atoms with Crippen molar-refractivity contribution in [3.63, 3.8) is 0 Å². The number of rotatable bonds is 4. The molecule has 4 nitrogen and oxygen atoms in total. The lowest BCUT2D eigenvalue weighted by Gasteiger charge is -2.33. The van der Waals surface area contributed by atoms with Crippen molar-refractivity contribution >= 4 is 5.91 Å². The number of nitrogens with one attached hydrogen (secondary N) is 1. The number of aryl methyl sites for hydroxylation is 1. The molecule has 3 N–H and O–H groups in total. The van der Waals surface area contributed by atoms with Crippen molar-refractivity contribution in [1.29, 1.82) is 0 Å². The van der Waals surface area contributed by atoms with Gasteiger partial charge in [-0.2, -0.15) is 0 Å². The van der Waals surface area contributed by atoms with Crippen molar-refractivity contribution in [3.05, 3.63) is 35.4 Å². The van der Waals surface area contributed by atoms with Crippen LogP contribution in [-0.2, 0) is 11.3 Å². The minimum atomic E-state index is 0.0417. The Morgan fingerprint density at radius 3 is 2.61 bits per heavy atom. The molecule has 2 aliphatic rings. The summed E-state index contributed by atoms with van der Waals surface area (Å²) in [4.78, 5) is 14.8.